The van der Waals surface area contributed by atoms with Crippen molar-refractivity contribution in [1.82, 2.24) is 5.32 Å². The number of furan rings is 1. The number of hydrogen-bond donors (Lipinski definition) is 1. The molecule has 0 amide bonds. The quantitative estimate of drug-likeness (QED) is 0.408. The van der Waals surface area contributed by atoms with E-state index in [1.807, 2.05) is 0 Å². The molecule has 3 atom stereocenters. The second kappa shape index (κ2) is 8.96. The smallest absolute Gasteiger partial charge is 0.326 e. The van der Waals surface area contributed by atoms with Crippen LogP contribution in [0.15, 0.2) is 47.1 Å². The zero-order chi connectivity index (χ0) is 23.7. The number of carbonyl (C=O) groups is 3. The van der Waals surface area contributed by atoms with Gasteiger partial charge in [-0.05, 0) is 50.6 Å². The maximum absolute atomic E-state index is 13.4. The SMILES string of the molecule is COC(=O)C1(C(=O)OC)[C@@H](c2ccc(Cl)cc2)N[C@@H](C(=O)OC(C)(C)C)[C@@H]1c1ccco1. The minimum atomic E-state index is -1.98. The van der Waals surface area contributed by atoms with Crippen LogP contribution < -0.4 is 5.32 Å². The van der Waals surface area contributed by atoms with E-state index < -0.39 is 46.9 Å². The summed E-state index contributed by atoms with van der Waals surface area (Å²) in [6.45, 7) is 5.19. The van der Waals surface area contributed by atoms with Crippen molar-refractivity contribution in [3.63, 3.8) is 0 Å². The van der Waals surface area contributed by atoms with E-state index in [0.29, 0.717) is 10.6 Å². The van der Waals surface area contributed by atoms with Crippen LogP contribution in [0, 0.1) is 5.41 Å². The number of nitrogens with one attached hydrogen (secondary N) is 1. The molecular weight excluding hydrogens is 438 g/mol. The molecule has 1 aliphatic heterocycles. The molecule has 2 aromatic rings. The average molecular weight is 464 g/mol. The number of rotatable bonds is 5. The molecule has 1 aliphatic rings. The van der Waals surface area contributed by atoms with Crippen LogP contribution in [-0.4, -0.2) is 43.8 Å². The number of benzene rings is 1. The minimum absolute atomic E-state index is 0.237. The van der Waals surface area contributed by atoms with Crippen LogP contribution in [0.2, 0.25) is 5.02 Å². The molecule has 8 nitrogen and oxygen atoms in total. The summed E-state index contributed by atoms with van der Waals surface area (Å²) >= 11 is 6.04. The van der Waals surface area contributed by atoms with Gasteiger partial charge in [0.05, 0.1) is 32.4 Å². The van der Waals surface area contributed by atoms with Crippen LogP contribution >= 0.6 is 11.6 Å². The lowest BCUT2D eigenvalue weighted by molar-refractivity contribution is -0.172. The molecule has 172 valence electrons. The van der Waals surface area contributed by atoms with Crippen molar-refractivity contribution in [1.29, 1.82) is 0 Å². The topological polar surface area (TPSA) is 104 Å². The van der Waals surface area contributed by atoms with Gasteiger partial charge < -0.3 is 18.6 Å². The van der Waals surface area contributed by atoms with Crippen molar-refractivity contribution < 1.29 is 33.0 Å². The molecule has 0 radical (unpaired) electrons. The van der Waals surface area contributed by atoms with Gasteiger partial charge in [0, 0.05) is 5.02 Å². The van der Waals surface area contributed by atoms with E-state index in [1.165, 1.54) is 20.5 Å². The van der Waals surface area contributed by atoms with Crippen LogP contribution in [0.5, 0.6) is 0 Å². The van der Waals surface area contributed by atoms with Gasteiger partial charge in [0.25, 0.3) is 0 Å². The zero-order valence-corrected chi connectivity index (χ0v) is 19.3. The lowest BCUT2D eigenvalue weighted by Crippen LogP contribution is -2.49. The number of methoxy groups -OCH3 is 2. The molecule has 0 aliphatic carbocycles. The first-order valence-electron chi connectivity index (χ1n) is 10.0. The number of halogens is 1. The summed E-state index contributed by atoms with van der Waals surface area (Å²) in [6.07, 6.45) is 1.40. The Morgan fingerprint density at radius 1 is 1.03 bits per heavy atom. The average Bonchev–Trinajstić information content (AvgIpc) is 3.38. The zero-order valence-electron chi connectivity index (χ0n) is 18.5. The molecule has 1 aromatic heterocycles. The Kier molecular flexibility index (Phi) is 6.67. The van der Waals surface area contributed by atoms with E-state index in [0.717, 1.165) is 0 Å². The van der Waals surface area contributed by atoms with Gasteiger partial charge in [0.15, 0.2) is 5.41 Å². The van der Waals surface area contributed by atoms with Crippen molar-refractivity contribution in [2.24, 2.45) is 5.41 Å². The molecule has 3 rings (SSSR count). The van der Waals surface area contributed by atoms with Crippen LogP contribution in [0.4, 0.5) is 0 Å². The van der Waals surface area contributed by atoms with Gasteiger partial charge in [0.2, 0.25) is 0 Å². The normalized spacial score (nSPS) is 22.2. The predicted octanol–water partition coefficient (Wildman–Crippen LogP) is 3.40. The molecule has 1 saturated heterocycles. The van der Waals surface area contributed by atoms with Gasteiger partial charge in [-0.15, -0.1) is 0 Å². The number of carbonyl (C=O) groups excluding carboxylic acids is 3. The summed E-state index contributed by atoms with van der Waals surface area (Å²) in [7, 11) is 2.35. The fourth-order valence-electron chi connectivity index (χ4n) is 4.20. The highest BCUT2D eigenvalue weighted by atomic mass is 35.5. The standard InChI is InChI=1S/C23H26ClNO7/c1-22(2,3)32-19(26)17-16(15-7-6-12-31-15)23(20(27)29-4,21(28)30-5)18(25-17)13-8-10-14(24)11-9-13/h6-12,16-18,25H,1-5H3/t16-,17+,18+/m0/s1. The fraction of sp³-hybridized carbons (Fsp3) is 0.435. The molecule has 1 N–H and O–H groups in total. The Bertz CT molecular complexity index is 963. The van der Waals surface area contributed by atoms with Gasteiger partial charge in [-0.25, -0.2) is 0 Å². The Morgan fingerprint density at radius 2 is 1.62 bits per heavy atom. The highest BCUT2D eigenvalue weighted by Crippen LogP contribution is 2.55. The largest absolute Gasteiger partial charge is 0.469 e. The monoisotopic (exact) mass is 463 g/mol. The molecule has 0 spiro atoms. The Balaban J connectivity index is 2.28. The minimum Gasteiger partial charge on any atom is -0.469 e. The molecule has 1 fully saturated rings. The van der Waals surface area contributed by atoms with Crippen molar-refractivity contribution in [3.05, 3.63) is 59.0 Å². The van der Waals surface area contributed by atoms with E-state index in [-0.39, 0.29) is 5.76 Å². The Morgan fingerprint density at radius 3 is 2.09 bits per heavy atom. The molecule has 32 heavy (non-hydrogen) atoms. The van der Waals surface area contributed by atoms with Gasteiger partial charge in [-0.2, -0.15) is 0 Å². The third-order valence-corrected chi connectivity index (χ3v) is 5.64. The number of esters is 3. The van der Waals surface area contributed by atoms with Gasteiger partial charge in [0.1, 0.15) is 17.4 Å². The van der Waals surface area contributed by atoms with Gasteiger partial charge in [-0.3, -0.25) is 19.7 Å². The van der Waals surface area contributed by atoms with Crippen LogP contribution in [0.25, 0.3) is 0 Å². The van der Waals surface area contributed by atoms with Crippen LogP contribution in [-0.2, 0) is 28.6 Å². The van der Waals surface area contributed by atoms with Crippen molar-refractivity contribution >= 4 is 29.5 Å². The van der Waals surface area contributed by atoms with Crippen LogP contribution in [0.3, 0.4) is 0 Å². The molecule has 1 aromatic carbocycles. The summed E-state index contributed by atoms with van der Waals surface area (Å²) in [6, 6.07) is 7.67. The Hall–Kier alpha value is -2.84. The highest BCUT2D eigenvalue weighted by Gasteiger charge is 2.70. The summed E-state index contributed by atoms with van der Waals surface area (Å²) in [5, 5.41) is 3.60. The third-order valence-electron chi connectivity index (χ3n) is 5.39. The van der Waals surface area contributed by atoms with Crippen molar-refractivity contribution in [3.8, 4) is 0 Å². The number of hydrogen-bond acceptors (Lipinski definition) is 8. The van der Waals surface area contributed by atoms with E-state index in [1.54, 1.807) is 57.2 Å². The second-order valence-corrected chi connectivity index (χ2v) is 8.94. The lowest BCUT2D eigenvalue weighted by atomic mass is 9.68. The first kappa shape index (κ1) is 23.8. The maximum atomic E-state index is 13.4. The summed E-state index contributed by atoms with van der Waals surface area (Å²) in [5.74, 6) is -3.25. The van der Waals surface area contributed by atoms with Crippen molar-refractivity contribution in [2.45, 2.75) is 44.4 Å². The maximum Gasteiger partial charge on any atom is 0.326 e. The summed E-state index contributed by atoms with van der Waals surface area (Å²) < 4.78 is 21.4. The predicted molar refractivity (Wildman–Crippen MR) is 115 cm³/mol. The summed E-state index contributed by atoms with van der Waals surface area (Å²) in [4.78, 5) is 40.0. The van der Waals surface area contributed by atoms with E-state index >= 15 is 0 Å². The summed E-state index contributed by atoms with van der Waals surface area (Å²) in [5.41, 5.74) is -2.24. The molecule has 0 unspecified atom stereocenters. The molecule has 0 bridgehead atoms. The number of ether oxygens (including phenoxy) is 3. The van der Waals surface area contributed by atoms with Gasteiger partial charge >= 0.3 is 17.9 Å². The van der Waals surface area contributed by atoms with Gasteiger partial charge in [-0.1, -0.05) is 23.7 Å². The molecular formula is C23H26ClNO7. The Labute approximate surface area is 191 Å². The second-order valence-electron chi connectivity index (χ2n) is 8.51. The fourth-order valence-corrected chi connectivity index (χ4v) is 4.33. The molecule has 9 heteroatoms. The first-order valence-corrected chi connectivity index (χ1v) is 10.4. The highest BCUT2D eigenvalue weighted by molar-refractivity contribution is 6.30. The third kappa shape index (κ3) is 4.12. The van der Waals surface area contributed by atoms with E-state index in [2.05, 4.69) is 5.32 Å². The lowest BCUT2D eigenvalue weighted by Gasteiger charge is -2.33. The van der Waals surface area contributed by atoms with E-state index in [9.17, 15) is 14.4 Å². The first-order chi connectivity index (χ1) is 15.1. The molecule has 0 saturated carbocycles. The van der Waals surface area contributed by atoms with E-state index in [4.69, 9.17) is 30.2 Å². The molecule has 2 heterocycles. The van der Waals surface area contributed by atoms with Crippen molar-refractivity contribution in [2.75, 3.05) is 14.2 Å². The van der Waals surface area contributed by atoms with Crippen LogP contribution in [0.1, 0.15) is 44.1 Å².